The number of ether oxygens (including phenoxy) is 2. The molecule has 0 saturated heterocycles. The van der Waals surface area contributed by atoms with Gasteiger partial charge >= 0.3 is 11.9 Å². The van der Waals surface area contributed by atoms with E-state index in [0.29, 0.717) is 18.5 Å². The van der Waals surface area contributed by atoms with Crippen LogP contribution in [0.5, 0.6) is 0 Å². The van der Waals surface area contributed by atoms with Crippen LogP contribution in [0.2, 0.25) is 0 Å². The van der Waals surface area contributed by atoms with Gasteiger partial charge in [0, 0.05) is 23.2 Å². The minimum atomic E-state index is -0.580. The highest BCUT2D eigenvalue weighted by molar-refractivity contribution is 6.23. The van der Waals surface area contributed by atoms with Gasteiger partial charge in [0.15, 0.2) is 0 Å². The summed E-state index contributed by atoms with van der Waals surface area (Å²) in [5.74, 6) is -1.14. The third-order valence-corrected chi connectivity index (χ3v) is 3.67. The molecular formula is C20H26N2O4. The van der Waals surface area contributed by atoms with Crippen LogP contribution in [0.3, 0.4) is 0 Å². The van der Waals surface area contributed by atoms with E-state index in [2.05, 4.69) is 4.98 Å². The lowest BCUT2D eigenvalue weighted by molar-refractivity contribution is -0.143. The van der Waals surface area contributed by atoms with Gasteiger partial charge in [-0.3, -0.25) is 0 Å². The molecule has 0 atom stereocenters. The molecule has 26 heavy (non-hydrogen) atoms. The van der Waals surface area contributed by atoms with Crippen molar-refractivity contribution in [2.24, 2.45) is 5.73 Å². The Kier molecular flexibility index (Phi) is 6.58. The number of benzene rings is 1. The predicted octanol–water partition coefficient (Wildman–Crippen LogP) is 2.96. The summed E-state index contributed by atoms with van der Waals surface area (Å²) in [6, 6.07) is 5.54. The van der Waals surface area contributed by atoms with Gasteiger partial charge < -0.3 is 20.2 Å². The Morgan fingerprint density at radius 3 is 2.46 bits per heavy atom. The average molecular weight is 358 g/mol. The summed E-state index contributed by atoms with van der Waals surface area (Å²) in [7, 11) is 0. The third-order valence-electron chi connectivity index (χ3n) is 3.67. The van der Waals surface area contributed by atoms with Gasteiger partial charge in [-0.1, -0.05) is 12.1 Å². The molecule has 1 aromatic heterocycles. The normalized spacial score (nSPS) is 12.0. The Morgan fingerprint density at radius 2 is 1.85 bits per heavy atom. The van der Waals surface area contributed by atoms with Gasteiger partial charge in [-0.25, -0.2) is 9.59 Å². The van der Waals surface area contributed by atoms with Crippen LogP contribution in [-0.2, 0) is 25.5 Å². The van der Waals surface area contributed by atoms with Crippen molar-refractivity contribution in [1.82, 2.24) is 4.98 Å². The fourth-order valence-corrected chi connectivity index (χ4v) is 2.74. The van der Waals surface area contributed by atoms with E-state index < -0.39 is 11.9 Å². The van der Waals surface area contributed by atoms with Gasteiger partial charge in [0.2, 0.25) is 0 Å². The number of hydrogen-bond donors (Lipinski definition) is 2. The van der Waals surface area contributed by atoms with E-state index in [4.69, 9.17) is 15.2 Å². The summed E-state index contributed by atoms with van der Waals surface area (Å²) in [5, 5.41) is 0.863. The van der Waals surface area contributed by atoms with Crippen molar-refractivity contribution in [2.45, 2.75) is 46.3 Å². The van der Waals surface area contributed by atoms with Crippen LogP contribution in [0.4, 0.5) is 0 Å². The summed E-state index contributed by atoms with van der Waals surface area (Å²) in [6.45, 7) is 7.51. The van der Waals surface area contributed by atoms with Gasteiger partial charge in [-0.05, 0) is 57.9 Å². The molecule has 0 aliphatic rings. The Balaban J connectivity index is 2.59. The largest absolute Gasteiger partial charge is 0.460 e. The zero-order valence-electron chi connectivity index (χ0n) is 15.7. The first-order chi connectivity index (χ1) is 12.3. The Bertz CT molecular complexity index is 818. The molecule has 0 saturated carbocycles. The van der Waals surface area contributed by atoms with Crippen molar-refractivity contribution in [3.05, 3.63) is 41.6 Å². The van der Waals surface area contributed by atoms with E-state index in [1.165, 1.54) is 6.08 Å². The lowest BCUT2D eigenvalue weighted by Crippen LogP contribution is -2.16. The number of H-pyrrole nitrogens is 1. The number of carbonyl (C=O) groups is 2. The SMILES string of the molecule is CC(C)OC(=O)/C=C(/C(=O)OC(C)C)c1cccc2[nH]cc(CCN)c12. The number of aromatic amines is 1. The molecule has 0 aliphatic heterocycles. The van der Waals surface area contributed by atoms with Crippen molar-refractivity contribution in [3.63, 3.8) is 0 Å². The van der Waals surface area contributed by atoms with Crippen LogP contribution in [0.15, 0.2) is 30.5 Å². The van der Waals surface area contributed by atoms with Gasteiger partial charge in [-0.15, -0.1) is 0 Å². The highest BCUT2D eigenvalue weighted by Gasteiger charge is 2.21. The monoisotopic (exact) mass is 358 g/mol. The summed E-state index contributed by atoms with van der Waals surface area (Å²) < 4.78 is 10.5. The summed E-state index contributed by atoms with van der Waals surface area (Å²) in [6.07, 6.45) is 3.15. The van der Waals surface area contributed by atoms with Crippen LogP contribution in [0.25, 0.3) is 16.5 Å². The molecule has 0 amide bonds. The van der Waals surface area contributed by atoms with Crippen LogP contribution in [0, 0.1) is 0 Å². The predicted molar refractivity (Wildman–Crippen MR) is 101 cm³/mol. The molecule has 3 N–H and O–H groups in total. The van der Waals surface area contributed by atoms with E-state index in [0.717, 1.165) is 16.5 Å². The first-order valence-electron chi connectivity index (χ1n) is 8.76. The van der Waals surface area contributed by atoms with Crippen molar-refractivity contribution in [3.8, 4) is 0 Å². The highest BCUT2D eigenvalue weighted by Crippen LogP contribution is 2.29. The average Bonchev–Trinajstić information content (AvgIpc) is 2.95. The van der Waals surface area contributed by atoms with Gasteiger partial charge in [0.1, 0.15) is 0 Å². The molecule has 2 rings (SSSR count). The molecule has 0 aliphatic carbocycles. The zero-order valence-corrected chi connectivity index (χ0v) is 15.7. The standard InChI is InChI=1S/C20H26N2O4/c1-12(2)25-18(23)10-16(20(24)26-13(3)4)15-6-5-7-17-19(15)14(8-9-21)11-22-17/h5-7,10-13,22H,8-9,21H2,1-4H3/b16-10+. The Morgan fingerprint density at radius 1 is 1.15 bits per heavy atom. The lowest BCUT2D eigenvalue weighted by Gasteiger charge is -2.13. The Hall–Kier alpha value is -2.60. The molecule has 0 bridgehead atoms. The quantitative estimate of drug-likeness (QED) is 0.586. The number of esters is 2. The molecular weight excluding hydrogens is 332 g/mol. The molecule has 1 heterocycles. The number of aromatic nitrogens is 1. The smallest absolute Gasteiger partial charge is 0.339 e. The zero-order chi connectivity index (χ0) is 19.3. The minimum Gasteiger partial charge on any atom is -0.460 e. The van der Waals surface area contributed by atoms with E-state index in [1.807, 2.05) is 18.3 Å². The minimum absolute atomic E-state index is 0.174. The molecule has 0 spiro atoms. The fourth-order valence-electron chi connectivity index (χ4n) is 2.74. The lowest BCUT2D eigenvalue weighted by atomic mass is 9.97. The van der Waals surface area contributed by atoms with E-state index in [9.17, 15) is 9.59 Å². The second kappa shape index (κ2) is 8.67. The van der Waals surface area contributed by atoms with Gasteiger partial charge in [-0.2, -0.15) is 0 Å². The highest BCUT2D eigenvalue weighted by atomic mass is 16.5. The first-order valence-corrected chi connectivity index (χ1v) is 8.76. The van der Waals surface area contributed by atoms with Gasteiger partial charge in [0.05, 0.1) is 17.8 Å². The number of nitrogens with one attached hydrogen (secondary N) is 1. The van der Waals surface area contributed by atoms with Crippen molar-refractivity contribution >= 4 is 28.4 Å². The molecule has 0 unspecified atom stereocenters. The van der Waals surface area contributed by atoms with Gasteiger partial charge in [0.25, 0.3) is 0 Å². The number of carbonyl (C=O) groups excluding carboxylic acids is 2. The summed E-state index contributed by atoms with van der Waals surface area (Å²) >= 11 is 0. The van der Waals surface area contributed by atoms with Crippen LogP contribution >= 0.6 is 0 Å². The number of rotatable bonds is 7. The molecule has 6 nitrogen and oxygen atoms in total. The maximum Gasteiger partial charge on any atom is 0.339 e. The second-order valence-electron chi connectivity index (χ2n) is 6.58. The fraction of sp³-hybridized carbons (Fsp3) is 0.400. The van der Waals surface area contributed by atoms with Crippen molar-refractivity contribution in [2.75, 3.05) is 6.54 Å². The molecule has 0 fully saturated rings. The summed E-state index contributed by atoms with van der Waals surface area (Å²) in [5.41, 5.74) is 8.35. The second-order valence-corrected chi connectivity index (χ2v) is 6.58. The van der Waals surface area contributed by atoms with Crippen molar-refractivity contribution in [1.29, 1.82) is 0 Å². The maximum atomic E-state index is 12.7. The number of hydrogen-bond acceptors (Lipinski definition) is 5. The van der Waals surface area contributed by atoms with Crippen LogP contribution in [-0.4, -0.2) is 35.7 Å². The Labute approximate surface area is 153 Å². The van der Waals surface area contributed by atoms with E-state index in [1.54, 1.807) is 33.8 Å². The summed E-state index contributed by atoms with van der Waals surface area (Å²) in [4.78, 5) is 28.0. The van der Waals surface area contributed by atoms with E-state index >= 15 is 0 Å². The molecule has 6 heteroatoms. The molecule has 0 radical (unpaired) electrons. The molecule has 1 aromatic carbocycles. The van der Waals surface area contributed by atoms with Crippen LogP contribution in [0.1, 0.15) is 38.8 Å². The third kappa shape index (κ3) is 4.73. The molecule has 2 aromatic rings. The van der Waals surface area contributed by atoms with E-state index in [-0.39, 0.29) is 17.8 Å². The van der Waals surface area contributed by atoms with Crippen molar-refractivity contribution < 1.29 is 19.1 Å². The number of nitrogens with two attached hydrogens (primary N) is 1. The maximum absolute atomic E-state index is 12.7. The first kappa shape index (κ1) is 19.7. The topological polar surface area (TPSA) is 94.4 Å². The number of fused-ring (bicyclic) bond motifs is 1. The van der Waals surface area contributed by atoms with Crippen LogP contribution < -0.4 is 5.73 Å². The molecule has 140 valence electrons.